The predicted molar refractivity (Wildman–Crippen MR) is 63.2 cm³/mol. The molecule has 6 heteroatoms. The molecule has 5 nitrogen and oxygen atoms in total. The van der Waals surface area contributed by atoms with Gasteiger partial charge in [-0.15, -0.1) is 0 Å². The van der Waals surface area contributed by atoms with Crippen LogP contribution in [0.5, 0.6) is 0 Å². The van der Waals surface area contributed by atoms with Crippen molar-refractivity contribution in [2.75, 3.05) is 5.32 Å². The molecule has 2 N–H and O–H groups in total. The number of aromatic amines is 1. The lowest BCUT2D eigenvalue weighted by molar-refractivity contribution is 0.102. The minimum atomic E-state index is -0.233. The van der Waals surface area contributed by atoms with Crippen molar-refractivity contribution in [3.8, 4) is 0 Å². The number of rotatable bonds is 2. The molecule has 0 unspecified atom stereocenters. The van der Waals surface area contributed by atoms with Crippen LogP contribution in [0.3, 0.4) is 0 Å². The van der Waals surface area contributed by atoms with E-state index in [1.54, 1.807) is 6.07 Å². The minimum Gasteiger partial charge on any atom is -0.306 e. The number of pyridine rings is 1. The number of nitrogens with zero attached hydrogens (tertiary/aromatic N) is 2. The Labute approximate surface area is 100 Å². The lowest BCUT2D eigenvalue weighted by Crippen LogP contribution is -2.12. The van der Waals surface area contributed by atoms with E-state index in [9.17, 15) is 4.79 Å². The number of amides is 1. The molecule has 0 aliphatic carbocycles. The monoisotopic (exact) mass is 280 g/mol. The first-order chi connectivity index (χ1) is 7.66. The first-order valence-corrected chi connectivity index (χ1v) is 5.39. The van der Waals surface area contributed by atoms with Crippen molar-refractivity contribution in [1.29, 1.82) is 0 Å². The molecule has 0 aliphatic rings. The van der Waals surface area contributed by atoms with Crippen molar-refractivity contribution in [2.24, 2.45) is 0 Å². The zero-order valence-corrected chi connectivity index (χ0v) is 10.1. The van der Waals surface area contributed by atoms with Gasteiger partial charge in [-0.25, -0.2) is 4.98 Å². The highest BCUT2D eigenvalue weighted by Crippen LogP contribution is 2.16. The van der Waals surface area contributed by atoms with E-state index in [1.165, 1.54) is 12.4 Å². The zero-order valence-electron chi connectivity index (χ0n) is 8.49. The van der Waals surface area contributed by atoms with E-state index in [-0.39, 0.29) is 5.91 Å². The average molecular weight is 281 g/mol. The molecule has 0 saturated carbocycles. The number of aromatic nitrogens is 3. The Hall–Kier alpha value is -1.69. The van der Waals surface area contributed by atoms with Gasteiger partial charge in [-0.05, 0) is 35.0 Å². The summed E-state index contributed by atoms with van der Waals surface area (Å²) in [7, 11) is 0. The number of anilines is 1. The van der Waals surface area contributed by atoms with Crippen molar-refractivity contribution >= 4 is 27.7 Å². The molecule has 0 saturated heterocycles. The summed E-state index contributed by atoms with van der Waals surface area (Å²) in [6, 6.07) is 3.57. The Kier molecular flexibility index (Phi) is 3.00. The number of hydrogen-bond donors (Lipinski definition) is 2. The third-order valence-electron chi connectivity index (χ3n) is 2.02. The van der Waals surface area contributed by atoms with Gasteiger partial charge in [0.1, 0.15) is 5.82 Å². The van der Waals surface area contributed by atoms with Crippen LogP contribution in [0.25, 0.3) is 0 Å². The summed E-state index contributed by atoms with van der Waals surface area (Å²) in [5.41, 5.74) is 1.30. The highest BCUT2D eigenvalue weighted by Gasteiger charge is 2.08. The summed E-state index contributed by atoms with van der Waals surface area (Å²) in [6.45, 7) is 1.86. The number of hydrogen-bond acceptors (Lipinski definition) is 3. The van der Waals surface area contributed by atoms with Gasteiger partial charge in [0.15, 0.2) is 0 Å². The smallest absolute Gasteiger partial charge is 0.259 e. The van der Waals surface area contributed by atoms with E-state index in [0.29, 0.717) is 11.4 Å². The Bertz CT molecular complexity index is 510. The number of carbonyl (C=O) groups excluding carboxylic acids is 1. The molecule has 0 aliphatic heterocycles. The van der Waals surface area contributed by atoms with Crippen LogP contribution in [0.1, 0.15) is 16.1 Å². The molecule has 0 fully saturated rings. The topological polar surface area (TPSA) is 70.7 Å². The SMILES string of the molecule is Cc1nc(NC(=O)c2cn[nH]c2)ccc1Br. The van der Waals surface area contributed by atoms with Crippen LogP contribution < -0.4 is 5.32 Å². The molecule has 2 rings (SSSR count). The highest BCUT2D eigenvalue weighted by molar-refractivity contribution is 9.10. The summed E-state index contributed by atoms with van der Waals surface area (Å²) in [5.74, 6) is 0.287. The van der Waals surface area contributed by atoms with Crippen molar-refractivity contribution < 1.29 is 4.79 Å². The van der Waals surface area contributed by atoms with Gasteiger partial charge in [0.25, 0.3) is 5.91 Å². The number of aryl methyl sites for hydroxylation is 1. The van der Waals surface area contributed by atoms with Crippen molar-refractivity contribution in [2.45, 2.75) is 6.92 Å². The molecular formula is C10H9BrN4O. The van der Waals surface area contributed by atoms with E-state index in [0.717, 1.165) is 10.2 Å². The molecule has 0 radical (unpaired) electrons. The summed E-state index contributed by atoms with van der Waals surface area (Å²) >= 11 is 3.34. The molecule has 2 heterocycles. The van der Waals surface area contributed by atoms with Gasteiger partial charge in [0.05, 0.1) is 17.5 Å². The van der Waals surface area contributed by atoms with Crippen LogP contribution in [0.4, 0.5) is 5.82 Å². The van der Waals surface area contributed by atoms with Gasteiger partial charge >= 0.3 is 0 Å². The van der Waals surface area contributed by atoms with Gasteiger partial charge < -0.3 is 5.32 Å². The third kappa shape index (κ3) is 2.27. The lowest BCUT2D eigenvalue weighted by atomic mass is 10.3. The summed E-state index contributed by atoms with van der Waals surface area (Å²) in [5, 5.41) is 8.96. The normalized spacial score (nSPS) is 10.1. The highest BCUT2D eigenvalue weighted by atomic mass is 79.9. The van der Waals surface area contributed by atoms with Crippen molar-refractivity contribution in [1.82, 2.24) is 15.2 Å². The van der Waals surface area contributed by atoms with Crippen LogP contribution in [-0.2, 0) is 0 Å². The van der Waals surface area contributed by atoms with Crippen molar-refractivity contribution in [3.05, 3.63) is 40.3 Å². The molecule has 16 heavy (non-hydrogen) atoms. The van der Waals surface area contributed by atoms with Gasteiger partial charge in [0.2, 0.25) is 0 Å². The van der Waals surface area contributed by atoms with E-state index in [2.05, 4.69) is 36.4 Å². The molecular weight excluding hydrogens is 272 g/mol. The molecule has 82 valence electrons. The summed E-state index contributed by atoms with van der Waals surface area (Å²) < 4.78 is 0.911. The van der Waals surface area contributed by atoms with Gasteiger partial charge in [0, 0.05) is 10.7 Å². The van der Waals surface area contributed by atoms with Gasteiger partial charge in [-0.1, -0.05) is 0 Å². The number of carbonyl (C=O) groups is 1. The lowest BCUT2D eigenvalue weighted by Gasteiger charge is -2.04. The largest absolute Gasteiger partial charge is 0.306 e. The second-order valence-corrected chi connectivity index (χ2v) is 4.06. The summed E-state index contributed by atoms with van der Waals surface area (Å²) in [4.78, 5) is 15.9. The maximum atomic E-state index is 11.6. The maximum Gasteiger partial charge on any atom is 0.259 e. The Morgan fingerprint density at radius 3 is 2.94 bits per heavy atom. The van der Waals surface area contributed by atoms with Crippen LogP contribution in [-0.4, -0.2) is 21.1 Å². The van der Waals surface area contributed by atoms with E-state index in [1.807, 2.05) is 13.0 Å². The second kappa shape index (κ2) is 4.44. The third-order valence-corrected chi connectivity index (χ3v) is 2.86. The molecule has 0 atom stereocenters. The Morgan fingerprint density at radius 1 is 1.50 bits per heavy atom. The number of H-pyrrole nitrogens is 1. The van der Waals surface area contributed by atoms with E-state index in [4.69, 9.17) is 0 Å². The predicted octanol–water partition coefficient (Wildman–Crippen LogP) is 2.13. The van der Waals surface area contributed by atoms with Gasteiger partial charge in [-0.3, -0.25) is 9.89 Å². The fourth-order valence-electron chi connectivity index (χ4n) is 1.18. The fourth-order valence-corrected chi connectivity index (χ4v) is 1.40. The molecule has 0 aromatic carbocycles. The maximum absolute atomic E-state index is 11.6. The average Bonchev–Trinajstić information content (AvgIpc) is 2.77. The number of halogens is 1. The Morgan fingerprint density at radius 2 is 2.31 bits per heavy atom. The minimum absolute atomic E-state index is 0.233. The molecule has 2 aromatic rings. The number of nitrogens with one attached hydrogen (secondary N) is 2. The Balaban J connectivity index is 2.15. The van der Waals surface area contributed by atoms with Crippen LogP contribution in [0, 0.1) is 6.92 Å². The zero-order chi connectivity index (χ0) is 11.5. The van der Waals surface area contributed by atoms with Crippen LogP contribution >= 0.6 is 15.9 Å². The molecule has 1 amide bonds. The molecule has 2 aromatic heterocycles. The van der Waals surface area contributed by atoms with E-state index >= 15 is 0 Å². The fraction of sp³-hybridized carbons (Fsp3) is 0.100. The quantitative estimate of drug-likeness (QED) is 0.885. The first kappa shape index (κ1) is 10.8. The standard InChI is InChI=1S/C10H9BrN4O/c1-6-8(11)2-3-9(14-6)15-10(16)7-4-12-13-5-7/h2-5H,1H3,(H,12,13)(H,14,15,16). The second-order valence-electron chi connectivity index (χ2n) is 3.20. The molecule has 0 bridgehead atoms. The summed E-state index contributed by atoms with van der Waals surface area (Å²) in [6.07, 6.45) is 2.99. The first-order valence-electron chi connectivity index (χ1n) is 4.60. The van der Waals surface area contributed by atoms with E-state index < -0.39 is 0 Å². The van der Waals surface area contributed by atoms with Crippen molar-refractivity contribution in [3.63, 3.8) is 0 Å². The molecule has 0 spiro atoms. The van der Waals surface area contributed by atoms with Gasteiger partial charge in [-0.2, -0.15) is 5.10 Å². The van der Waals surface area contributed by atoms with Crippen LogP contribution in [0.15, 0.2) is 29.0 Å². The van der Waals surface area contributed by atoms with Crippen LogP contribution in [0.2, 0.25) is 0 Å².